The van der Waals surface area contributed by atoms with Gasteiger partial charge < -0.3 is 16.4 Å². The predicted molar refractivity (Wildman–Crippen MR) is 96.5 cm³/mol. The molecule has 0 unspecified atom stereocenters. The summed E-state index contributed by atoms with van der Waals surface area (Å²) < 4.78 is 0. The molecule has 2 amide bonds. The number of primary amides is 1. The van der Waals surface area contributed by atoms with Crippen LogP contribution in [0.25, 0.3) is 0 Å². The second-order valence-electron chi connectivity index (χ2n) is 5.26. The first-order chi connectivity index (χ1) is 11.4. The predicted octanol–water partition coefficient (Wildman–Crippen LogP) is 3.38. The molecule has 0 fully saturated rings. The van der Waals surface area contributed by atoms with Crippen LogP contribution >= 0.6 is 23.2 Å². The smallest absolute Gasteiger partial charge is 0.248 e. The topological polar surface area (TPSA) is 84.2 Å². The molecule has 2 aromatic carbocycles. The quantitative estimate of drug-likeness (QED) is 0.733. The second kappa shape index (κ2) is 8.15. The van der Waals surface area contributed by atoms with Crippen molar-refractivity contribution in [2.24, 2.45) is 5.73 Å². The summed E-state index contributed by atoms with van der Waals surface area (Å²) in [5.41, 5.74) is 7.00. The van der Waals surface area contributed by atoms with E-state index in [0.717, 1.165) is 5.56 Å². The molecule has 0 aliphatic heterocycles. The lowest BCUT2D eigenvalue weighted by Crippen LogP contribution is -2.30. The van der Waals surface area contributed by atoms with E-state index in [-0.39, 0.29) is 18.5 Å². The third kappa shape index (κ3) is 4.96. The van der Waals surface area contributed by atoms with Gasteiger partial charge in [0.15, 0.2) is 0 Å². The Morgan fingerprint density at radius 2 is 1.79 bits per heavy atom. The van der Waals surface area contributed by atoms with Crippen molar-refractivity contribution in [2.75, 3.05) is 11.9 Å². The summed E-state index contributed by atoms with van der Waals surface area (Å²) in [6.45, 7) is 2.02. The number of hydrogen-bond donors (Lipinski definition) is 3. The zero-order valence-corrected chi connectivity index (χ0v) is 14.5. The number of anilines is 1. The molecule has 0 heterocycles. The Morgan fingerprint density at radius 1 is 1.12 bits per heavy atom. The summed E-state index contributed by atoms with van der Waals surface area (Å²) in [5, 5.41) is 6.94. The average Bonchev–Trinajstić information content (AvgIpc) is 2.53. The van der Waals surface area contributed by atoms with E-state index >= 15 is 0 Å². The molecule has 2 rings (SSSR count). The Kier molecular flexibility index (Phi) is 6.20. The Labute approximate surface area is 150 Å². The summed E-state index contributed by atoms with van der Waals surface area (Å²) in [7, 11) is 0. The number of nitrogens with two attached hydrogens (primary N) is 1. The monoisotopic (exact) mass is 365 g/mol. The van der Waals surface area contributed by atoms with Crippen LogP contribution < -0.4 is 16.4 Å². The minimum Gasteiger partial charge on any atom is -0.366 e. The SMILES string of the molecule is C[C@H](NCC(=O)Nc1ccc(C(N)=O)cc1)c1ccc(Cl)cc1Cl. The van der Waals surface area contributed by atoms with Crippen LogP contribution in [-0.2, 0) is 4.79 Å². The van der Waals surface area contributed by atoms with E-state index in [1.807, 2.05) is 13.0 Å². The van der Waals surface area contributed by atoms with Crippen molar-refractivity contribution < 1.29 is 9.59 Å². The van der Waals surface area contributed by atoms with Gasteiger partial charge in [0.2, 0.25) is 11.8 Å². The fraction of sp³-hybridized carbons (Fsp3) is 0.176. The minimum absolute atomic E-state index is 0.109. The van der Waals surface area contributed by atoms with Crippen molar-refractivity contribution in [3.8, 4) is 0 Å². The summed E-state index contributed by atoms with van der Waals surface area (Å²) in [4.78, 5) is 23.0. The van der Waals surface area contributed by atoms with Gasteiger partial charge in [-0.3, -0.25) is 9.59 Å². The van der Waals surface area contributed by atoms with Crippen molar-refractivity contribution >= 4 is 40.7 Å². The van der Waals surface area contributed by atoms with Crippen LogP contribution in [-0.4, -0.2) is 18.4 Å². The molecule has 1 atom stereocenters. The largest absolute Gasteiger partial charge is 0.366 e. The molecular formula is C17H17Cl2N3O2. The van der Waals surface area contributed by atoms with E-state index in [2.05, 4.69) is 10.6 Å². The molecule has 2 aromatic rings. The van der Waals surface area contributed by atoms with Gasteiger partial charge in [0.1, 0.15) is 0 Å². The molecule has 0 aromatic heterocycles. The van der Waals surface area contributed by atoms with E-state index in [1.54, 1.807) is 36.4 Å². The molecule has 126 valence electrons. The van der Waals surface area contributed by atoms with Gasteiger partial charge in [-0.05, 0) is 48.9 Å². The average molecular weight is 366 g/mol. The van der Waals surface area contributed by atoms with Crippen LogP contribution in [0.4, 0.5) is 5.69 Å². The fourth-order valence-corrected chi connectivity index (χ4v) is 2.70. The first-order valence-corrected chi connectivity index (χ1v) is 8.00. The van der Waals surface area contributed by atoms with Crippen molar-refractivity contribution in [3.05, 3.63) is 63.6 Å². The second-order valence-corrected chi connectivity index (χ2v) is 6.10. The number of hydrogen-bond acceptors (Lipinski definition) is 3. The number of amides is 2. The highest BCUT2D eigenvalue weighted by Crippen LogP contribution is 2.25. The van der Waals surface area contributed by atoms with Crippen molar-refractivity contribution in [1.29, 1.82) is 0 Å². The minimum atomic E-state index is -0.511. The molecule has 0 aliphatic rings. The third-order valence-corrected chi connectivity index (χ3v) is 4.01. The number of benzene rings is 2. The standard InChI is InChI=1S/C17H17Cl2N3O2/c1-10(14-7-4-12(18)8-15(14)19)21-9-16(23)22-13-5-2-11(3-6-13)17(20)24/h2-8,10,21H,9H2,1H3,(H2,20,24)(H,22,23)/t10-/m0/s1. The van der Waals surface area contributed by atoms with Crippen molar-refractivity contribution in [3.63, 3.8) is 0 Å². The Hall–Kier alpha value is -2.08. The van der Waals surface area contributed by atoms with Crippen LogP contribution in [0.1, 0.15) is 28.9 Å². The Bertz CT molecular complexity index is 748. The van der Waals surface area contributed by atoms with Gasteiger partial charge in [-0.1, -0.05) is 29.3 Å². The summed E-state index contributed by atoms with van der Waals surface area (Å²) in [6.07, 6.45) is 0. The molecule has 0 bridgehead atoms. The van der Waals surface area contributed by atoms with E-state index < -0.39 is 5.91 Å². The fourth-order valence-electron chi connectivity index (χ4n) is 2.13. The van der Waals surface area contributed by atoms with Gasteiger partial charge in [0, 0.05) is 27.3 Å². The molecule has 0 saturated heterocycles. The van der Waals surface area contributed by atoms with Crippen LogP contribution in [0.5, 0.6) is 0 Å². The first kappa shape index (κ1) is 18.3. The van der Waals surface area contributed by atoms with Crippen LogP contribution in [0.3, 0.4) is 0 Å². The molecule has 0 radical (unpaired) electrons. The number of carbonyl (C=O) groups excluding carboxylic acids is 2. The highest BCUT2D eigenvalue weighted by atomic mass is 35.5. The number of nitrogens with one attached hydrogen (secondary N) is 2. The molecule has 0 spiro atoms. The maximum absolute atomic E-state index is 12.0. The number of halogens is 2. The normalized spacial score (nSPS) is 11.8. The zero-order chi connectivity index (χ0) is 17.7. The van der Waals surface area contributed by atoms with Gasteiger partial charge in [-0.2, -0.15) is 0 Å². The van der Waals surface area contributed by atoms with E-state index in [1.165, 1.54) is 0 Å². The molecule has 0 aliphatic carbocycles. The van der Waals surface area contributed by atoms with Crippen LogP contribution in [0, 0.1) is 0 Å². The third-order valence-electron chi connectivity index (χ3n) is 3.45. The molecule has 5 nitrogen and oxygen atoms in total. The Balaban J connectivity index is 1.89. The summed E-state index contributed by atoms with van der Waals surface area (Å²) >= 11 is 12.0. The Morgan fingerprint density at radius 3 is 2.38 bits per heavy atom. The number of carbonyl (C=O) groups is 2. The van der Waals surface area contributed by atoms with Gasteiger partial charge in [-0.15, -0.1) is 0 Å². The van der Waals surface area contributed by atoms with E-state index in [0.29, 0.717) is 21.3 Å². The van der Waals surface area contributed by atoms with Gasteiger partial charge in [0.05, 0.1) is 6.54 Å². The molecule has 4 N–H and O–H groups in total. The lowest BCUT2D eigenvalue weighted by Gasteiger charge is -2.16. The van der Waals surface area contributed by atoms with Crippen LogP contribution in [0.15, 0.2) is 42.5 Å². The van der Waals surface area contributed by atoms with Crippen molar-refractivity contribution in [1.82, 2.24) is 5.32 Å². The maximum Gasteiger partial charge on any atom is 0.248 e. The molecule has 24 heavy (non-hydrogen) atoms. The number of rotatable bonds is 6. The highest BCUT2D eigenvalue weighted by Gasteiger charge is 2.11. The lowest BCUT2D eigenvalue weighted by atomic mass is 10.1. The van der Waals surface area contributed by atoms with E-state index in [9.17, 15) is 9.59 Å². The molecule has 7 heteroatoms. The van der Waals surface area contributed by atoms with Gasteiger partial charge in [-0.25, -0.2) is 0 Å². The molecular weight excluding hydrogens is 349 g/mol. The summed E-state index contributed by atoms with van der Waals surface area (Å²) in [5.74, 6) is -0.720. The maximum atomic E-state index is 12.0. The lowest BCUT2D eigenvalue weighted by molar-refractivity contribution is -0.115. The highest BCUT2D eigenvalue weighted by molar-refractivity contribution is 6.35. The van der Waals surface area contributed by atoms with Crippen molar-refractivity contribution in [2.45, 2.75) is 13.0 Å². The van der Waals surface area contributed by atoms with Crippen LogP contribution in [0.2, 0.25) is 10.0 Å². The first-order valence-electron chi connectivity index (χ1n) is 7.25. The van der Waals surface area contributed by atoms with Gasteiger partial charge in [0.25, 0.3) is 0 Å². The summed E-state index contributed by atoms with van der Waals surface area (Å²) in [6, 6.07) is 11.5. The zero-order valence-electron chi connectivity index (χ0n) is 13.0. The molecule has 0 saturated carbocycles. The van der Waals surface area contributed by atoms with Gasteiger partial charge >= 0.3 is 0 Å². The van der Waals surface area contributed by atoms with E-state index in [4.69, 9.17) is 28.9 Å².